The summed E-state index contributed by atoms with van der Waals surface area (Å²) in [5.74, 6) is -0.0803. The van der Waals surface area contributed by atoms with Crippen LogP contribution in [0.2, 0.25) is 5.04 Å². The molecule has 2 heterocycles. The van der Waals surface area contributed by atoms with Crippen molar-refractivity contribution in [3.8, 4) is 0 Å². The minimum absolute atomic E-state index is 0.00181. The zero-order chi connectivity index (χ0) is 32.7. The number of nitrogens with zero attached hydrogens (tertiary/aromatic N) is 2. The molecule has 0 spiro atoms. The van der Waals surface area contributed by atoms with Gasteiger partial charge in [-0.15, -0.1) is 0 Å². The Morgan fingerprint density at radius 2 is 1.48 bits per heavy atom. The predicted octanol–water partition coefficient (Wildman–Crippen LogP) is 6.05. The van der Waals surface area contributed by atoms with Crippen LogP contribution in [0.25, 0.3) is 0 Å². The average Bonchev–Trinajstić information content (AvgIpc) is 3.69. The number of benzene rings is 3. The molecule has 1 fully saturated rings. The molecule has 5 rings (SSSR count). The maximum Gasteiger partial charge on any atom is 0.414 e. The zero-order valence-corrected chi connectivity index (χ0v) is 28.5. The number of hydrogen-bond acceptors (Lipinski definition) is 5. The Bertz CT molecular complexity index is 1480. The van der Waals surface area contributed by atoms with E-state index in [-0.39, 0.29) is 30.2 Å². The summed E-state index contributed by atoms with van der Waals surface area (Å²) in [4.78, 5) is 31.6. The number of ether oxygens (including phenoxy) is 2. The Morgan fingerprint density at radius 1 is 0.891 bits per heavy atom. The second-order valence-electron chi connectivity index (χ2n) is 13.1. The van der Waals surface area contributed by atoms with Gasteiger partial charge in [0.15, 0.2) is 0 Å². The van der Waals surface area contributed by atoms with Crippen molar-refractivity contribution in [1.82, 2.24) is 9.80 Å². The van der Waals surface area contributed by atoms with Gasteiger partial charge in [0.05, 0.1) is 31.0 Å². The van der Waals surface area contributed by atoms with Crippen LogP contribution in [-0.4, -0.2) is 69.1 Å². The molecular formula is C38H46N2O5Si. The molecule has 8 heteroatoms. The summed E-state index contributed by atoms with van der Waals surface area (Å²) in [6.45, 7) is 12.2. The number of likely N-dealkylation sites (tertiary alicyclic amines) is 1. The van der Waals surface area contributed by atoms with Gasteiger partial charge in [-0.1, -0.05) is 118 Å². The molecule has 2 aliphatic heterocycles. The van der Waals surface area contributed by atoms with Crippen molar-refractivity contribution in [3.63, 3.8) is 0 Å². The molecule has 0 saturated carbocycles. The molecule has 1 saturated heterocycles. The summed E-state index contributed by atoms with van der Waals surface area (Å²) in [5, 5.41) is 2.05. The first kappa shape index (κ1) is 33.4. The molecule has 0 aromatic heterocycles. The molecule has 46 heavy (non-hydrogen) atoms. The Labute approximate surface area is 274 Å². The Balaban J connectivity index is 1.51. The molecule has 7 nitrogen and oxygen atoms in total. The summed E-state index contributed by atoms with van der Waals surface area (Å²) in [7, 11) is -1.26. The van der Waals surface area contributed by atoms with Gasteiger partial charge in [-0.05, 0) is 39.9 Å². The smallest absolute Gasteiger partial charge is 0.414 e. The van der Waals surface area contributed by atoms with E-state index in [1.165, 1.54) is 0 Å². The van der Waals surface area contributed by atoms with E-state index in [0.29, 0.717) is 30.8 Å². The summed E-state index contributed by atoms with van der Waals surface area (Å²) in [5.41, 5.74) is 1.93. The van der Waals surface area contributed by atoms with Crippen molar-refractivity contribution in [1.29, 1.82) is 0 Å². The van der Waals surface area contributed by atoms with Crippen LogP contribution in [0.1, 0.15) is 45.6 Å². The quantitative estimate of drug-likeness (QED) is 0.239. The minimum Gasteiger partial charge on any atom is -0.444 e. The Morgan fingerprint density at radius 3 is 2.02 bits per heavy atom. The monoisotopic (exact) mass is 638 g/mol. The largest absolute Gasteiger partial charge is 0.444 e. The molecule has 0 unspecified atom stereocenters. The van der Waals surface area contributed by atoms with E-state index in [0.717, 1.165) is 28.8 Å². The number of methoxy groups -OCH3 is 1. The van der Waals surface area contributed by atoms with Crippen LogP contribution >= 0.6 is 0 Å². The van der Waals surface area contributed by atoms with E-state index in [2.05, 4.69) is 75.9 Å². The molecule has 0 aliphatic carbocycles. The van der Waals surface area contributed by atoms with Crippen molar-refractivity contribution >= 4 is 30.7 Å². The maximum atomic E-state index is 14.2. The van der Waals surface area contributed by atoms with Crippen LogP contribution < -0.4 is 10.4 Å². The molecule has 0 N–H and O–H groups in total. The summed E-state index contributed by atoms with van der Waals surface area (Å²) < 4.78 is 18.6. The van der Waals surface area contributed by atoms with Crippen molar-refractivity contribution < 1.29 is 23.5 Å². The van der Waals surface area contributed by atoms with E-state index in [9.17, 15) is 9.59 Å². The first-order valence-electron chi connectivity index (χ1n) is 16.1. The first-order valence-corrected chi connectivity index (χ1v) is 18.0. The van der Waals surface area contributed by atoms with Gasteiger partial charge in [0.1, 0.15) is 6.61 Å². The van der Waals surface area contributed by atoms with Crippen molar-refractivity contribution in [2.24, 2.45) is 0 Å². The van der Waals surface area contributed by atoms with Gasteiger partial charge in [-0.25, -0.2) is 4.79 Å². The number of hydrogen-bond donors (Lipinski definition) is 0. The topological polar surface area (TPSA) is 68.3 Å². The van der Waals surface area contributed by atoms with Gasteiger partial charge in [0.2, 0.25) is 0 Å². The highest BCUT2D eigenvalue weighted by Gasteiger charge is 2.51. The fourth-order valence-corrected chi connectivity index (χ4v) is 11.6. The molecule has 3 aromatic carbocycles. The third-order valence-corrected chi connectivity index (χ3v) is 14.1. The van der Waals surface area contributed by atoms with Gasteiger partial charge in [0, 0.05) is 25.6 Å². The van der Waals surface area contributed by atoms with Gasteiger partial charge >= 0.3 is 6.09 Å². The number of rotatable bonds is 11. The highest BCUT2D eigenvalue weighted by atomic mass is 28.4. The van der Waals surface area contributed by atoms with Crippen molar-refractivity contribution in [2.75, 3.05) is 26.9 Å². The maximum absolute atomic E-state index is 14.2. The second-order valence-corrected chi connectivity index (χ2v) is 17.4. The molecular weight excluding hydrogens is 593 g/mol. The number of allylic oxidation sites excluding steroid dienone is 1. The third-order valence-electron chi connectivity index (χ3n) is 9.13. The lowest BCUT2D eigenvalue weighted by Gasteiger charge is -2.44. The van der Waals surface area contributed by atoms with Crippen LogP contribution in [0.15, 0.2) is 115 Å². The third kappa shape index (κ3) is 6.75. The van der Waals surface area contributed by atoms with Crippen LogP contribution in [0.4, 0.5) is 4.79 Å². The number of carbonyl (C=O) groups excluding carboxylic acids is 2. The molecule has 0 bridgehead atoms. The SMILES string of the molecule is C=CC1=C(C(=O)N2CCC[C@H]2COC)C[C@H](CO[Si](c2ccccc2)(c2ccccc2)C(C)(C)C)N1C(=O)OCc1ccccc1. The van der Waals surface area contributed by atoms with Crippen LogP contribution in [0.5, 0.6) is 0 Å². The highest BCUT2D eigenvalue weighted by Crippen LogP contribution is 2.39. The van der Waals surface area contributed by atoms with E-state index < -0.39 is 20.5 Å². The normalized spacial score (nSPS) is 18.6. The lowest BCUT2D eigenvalue weighted by atomic mass is 10.1. The minimum atomic E-state index is -2.92. The lowest BCUT2D eigenvalue weighted by Crippen LogP contribution is -2.67. The summed E-state index contributed by atoms with van der Waals surface area (Å²) in [6, 6.07) is 30.0. The van der Waals surface area contributed by atoms with E-state index >= 15 is 0 Å². The van der Waals surface area contributed by atoms with Gasteiger partial charge in [0.25, 0.3) is 14.2 Å². The van der Waals surface area contributed by atoms with Crippen molar-refractivity contribution in [2.45, 2.75) is 63.8 Å². The fourth-order valence-electron chi connectivity index (χ4n) is 6.99. The van der Waals surface area contributed by atoms with Crippen molar-refractivity contribution in [3.05, 3.63) is 120 Å². The number of carbonyl (C=O) groups is 2. The van der Waals surface area contributed by atoms with E-state index in [1.54, 1.807) is 18.1 Å². The van der Waals surface area contributed by atoms with Gasteiger partial charge < -0.3 is 18.8 Å². The highest BCUT2D eigenvalue weighted by molar-refractivity contribution is 6.99. The van der Waals surface area contributed by atoms with Gasteiger partial charge in [-0.3, -0.25) is 9.69 Å². The second kappa shape index (κ2) is 14.6. The predicted molar refractivity (Wildman–Crippen MR) is 184 cm³/mol. The average molecular weight is 639 g/mol. The summed E-state index contributed by atoms with van der Waals surface area (Å²) in [6.07, 6.45) is 3.24. The number of amides is 2. The molecule has 242 valence electrons. The van der Waals surface area contributed by atoms with Crippen LogP contribution in [0.3, 0.4) is 0 Å². The van der Waals surface area contributed by atoms with E-state index in [1.807, 2.05) is 47.4 Å². The van der Waals surface area contributed by atoms with Gasteiger partial charge in [-0.2, -0.15) is 0 Å². The zero-order valence-electron chi connectivity index (χ0n) is 27.5. The first-order chi connectivity index (χ1) is 22.2. The molecule has 0 radical (unpaired) electrons. The fraction of sp³-hybridized carbons (Fsp3) is 0.368. The Kier molecular flexibility index (Phi) is 10.6. The standard InChI is InChI=1S/C38H46N2O5Si/c1-6-35-34(36(41)39-24-16-19-30(39)27-43-5)25-31(40(35)37(42)44-26-29-17-10-7-11-18-29)28-45-46(38(2,3)4,32-20-12-8-13-21-32)33-22-14-9-15-23-33/h6-15,17-18,20-23,30-31H,1,16,19,24-28H2,2-5H3/t30-,31+/m0/s1. The summed E-state index contributed by atoms with van der Waals surface area (Å²) >= 11 is 0. The molecule has 2 atom stereocenters. The molecule has 2 aliphatic rings. The molecule has 2 amide bonds. The van der Waals surface area contributed by atoms with E-state index in [4.69, 9.17) is 13.9 Å². The van der Waals surface area contributed by atoms with Crippen LogP contribution in [0, 0.1) is 0 Å². The van der Waals surface area contributed by atoms with Crippen LogP contribution in [-0.2, 0) is 25.3 Å². The Hall–Kier alpha value is -3.98. The lowest BCUT2D eigenvalue weighted by molar-refractivity contribution is -0.128. The molecule has 3 aromatic rings.